The zero-order chi connectivity index (χ0) is 5.33. The van der Waals surface area contributed by atoms with Crippen LogP contribution in [-0.2, 0) is 0 Å². The minimum Gasteiger partial charge on any atom is -0.0747 e. The summed E-state index contributed by atoms with van der Waals surface area (Å²) in [5.41, 5.74) is 0. The highest BCUT2D eigenvalue weighted by atomic mass is 31.1. The van der Waals surface area contributed by atoms with Crippen LogP contribution in [0.25, 0.3) is 0 Å². The van der Waals surface area contributed by atoms with Crippen LogP contribution in [0.2, 0.25) is 0 Å². The van der Waals surface area contributed by atoms with Crippen LogP contribution in [0.4, 0.5) is 0 Å². The molecule has 1 heteroatoms. The van der Waals surface area contributed by atoms with E-state index < -0.39 is 0 Å². The molecule has 7 heavy (non-hydrogen) atoms. The molecule has 0 unspecified atom stereocenters. The van der Waals surface area contributed by atoms with Gasteiger partial charge in [0.05, 0.1) is 0 Å². The molecule has 0 aliphatic carbocycles. The first kappa shape index (κ1) is 5.56. The van der Waals surface area contributed by atoms with Crippen molar-refractivity contribution >= 4 is 8.58 Å². The molecule has 1 heterocycles. The van der Waals surface area contributed by atoms with Crippen LogP contribution in [0.5, 0.6) is 0 Å². The van der Waals surface area contributed by atoms with Crippen LogP contribution in [-0.4, -0.2) is 11.3 Å². The molecular weight excluding hydrogens is 103 g/mol. The lowest BCUT2D eigenvalue weighted by Crippen LogP contribution is -2.04. The number of hydrogen-bond donors (Lipinski definition) is 0. The molecule has 0 saturated carbocycles. The van der Waals surface area contributed by atoms with Gasteiger partial charge in [0.25, 0.3) is 0 Å². The highest BCUT2D eigenvalue weighted by molar-refractivity contribution is 7.40. The average Bonchev–Trinajstić information content (AvgIpc) is 1.84. The predicted octanol–water partition coefficient (Wildman–Crippen LogP) is 2.51. The molecule has 0 aromatic carbocycles. The molecule has 1 fully saturated rings. The van der Waals surface area contributed by atoms with E-state index in [0.29, 0.717) is 5.16 Å². The van der Waals surface area contributed by atoms with Crippen LogP contribution in [0.15, 0.2) is 0 Å². The van der Waals surface area contributed by atoms with E-state index in [1.165, 1.54) is 19.0 Å². The third kappa shape index (κ3) is 1.42. The third-order valence-electron chi connectivity index (χ3n) is 1.49. The van der Waals surface area contributed by atoms with Gasteiger partial charge in [-0.2, -0.15) is 0 Å². The molecule has 0 amide bonds. The van der Waals surface area contributed by atoms with Crippen molar-refractivity contribution in [2.75, 3.05) is 6.16 Å². The Bertz CT molecular complexity index is 58.6. The van der Waals surface area contributed by atoms with Gasteiger partial charge >= 0.3 is 0 Å². The van der Waals surface area contributed by atoms with E-state index in [1.54, 1.807) is 8.58 Å². The molecular formula is C6H12P. The SMILES string of the molecule is CC1(C)CCC[P]1. The van der Waals surface area contributed by atoms with Crippen LogP contribution >= 0.6 is 8.58 Å². The third-order valence-corrected chi connectivity index (χ3v) is 3.11. The van der Waals surface area contributed by atoms with Crippen molar-refractivity contribution in [3.05, 3.63) is 0 Å². The Labute approximate surface area is 47.5 Å². The lowest BCUT2D eigenvalue weighted by molar-refractivity contribution is 0.661. The summed E-state index contributed by atoms with van der Waals surface area (Å²) in [6.07, 6.45) is 4.33. The van der Waals surface area contributed by atoms with Gasteiger partial charge in [0, 0.05) is 0 Å². The molecule has 1 radical (unpaired) electrons. The van der Waals surface area contributed by atoms with Crippen LogP contribution in [0, 0.1) is 0 Å². The molecule has 0 aromatic rings. The maximum Gasteiger partial charge on any atom is -0.0112 e. The van der Waals surface area contributed by atoms with Gasteiger partial charge in [-0.3, -0.25) is 0 Å². The zero-order valence-electron chi connectivity index (χ0n) is 5.07. The van der Waals surface area contributed by atoms with E-state index >= 15 is 0 Å². The molecule has 1 aliphatic rings. The Morgan fingerprint density at radius 3 is 2.29 bits per heavy atom. The molecule has 0 N–H and O–H groups in total. The summed E-state index contributed by atoms with van der Waals surface area (Å²) >= 11 is 0. The Hall–Kier alpha value is 0.430. The van der Waals surface area contributed by atoms with Gasteiger partial charge in [-0.15, -0.1) is 0 Å². The van der Waals surface area contributed by atoms with Crippen molar-refractivity contribution < 1.29 is 0 Å². The molecule has 41 valence electrons. The fourth-order valence-corrected chi connectivity index (χ4v) is 2.21. The quantitative estimate of drug-likeness (QED) is 0.425. The largest absolute Gasteiger partial charge is 0.0747 e. The first-order chi connectivity index (χ1) is 3.21. The average molecular weight is 115 g/mol. The maximum absolute atomic E-state index is 2.35. The molecule has 1 saturated heterocycles. The normalized spacial score (nSPS) is 31.7. The Morgan fingerprint density at radius 2 is 2.14 bits per heavy atom. The fourth-order valence-electron chi connectivity index (χ4n) is 0.972. The smallest absolute Gasteiger partial charge is 0.0112 e. The van der Waals surface area contributed by atoms with E-state index in [1.807, 2.05) is 0 Å². The number of hydrogen-bond acceptors (Lipinski definition) is 0. The fraction of sp³-hybridized carbons (Fsp3) is 1.00. The van der Waals surface area contributed by atoms with Crippen LogP contribution in [0.3, 0.4) is 0 Å². The van der Waals surface area contributed by atoms with Crippen molar-refractivity contribution in [2.24, 2.45) is 0 Å². The maximum atomic E-state index is 2.35. The van der Waals surface area contributed by atoms with E-state index in [-0.39, 0.29) is 0 Å². The summed E-state index contributed by atoms with van der Waals surface area (Å²) in [4.78, 5) is 0. The second kappa shape index (κ2) is 1.74. The van der Waals surface area contributed by atoms with Gasteiger partial charge in [-0.1, -0.05) is 22.4 Å². The van der Waals surface area contributed by atoms with Crippen LogP contribution < -0.4 is 0 Å². The van der Waals surface area contributed by atoms with E-state index in [9.17, 15) is 0 Å². The standard InChI is InChI=1S/C6H12P/c1-6(2)4-3-5-7-6/h3-5H2,1-2H3. The van der Waals surface area contributed by atoms with E-state index in [2.05, 4.69) is 13.8 Å². The highest BCUT2D eigenvalue weighted by Gasteiger charge is 2.22. The van der Waals surface area contributed by atoms with Crippen molar-refractivity contribution in [2.45, 2.75) is 31.8 Å². The van der Waals surface area contributed by atoms with Gasteiger partial charge in [0.1, 0.15) is 0 Å². The molecule has 1 aliphatic heterocycles. The zero-order valence-corrected chi connectivity index (χ0v) is 5.96. The van der Waals surface area contributed by atoms with Gasteiger partial charge in [0.15, 0.2) is 0 Å². The lowest BCUT2D eigenvalue weighted by Gasteiger charge is -2.12. The van der Waals surface area contributed by atoms with E-state index in [0.717, 1.165) is 0 Å². The topological polar surface area (TPSA) is 0 Å². The lowest BCUT2D eigenvalue weighted by atomic mass is 10.1. The Morgan fingerprint density at radius 1 is 1.43 bits per heavy atom. The summed E-state index contributed by atoms with van der Waals surface area (Å²) in [5.74, 6) is 0. The minimum atomic E-state index is 0.667. The van der Waals surface area contributed by atoms with Gasteiger partial charge in [-0.05, 0) is 24.2 Å². The monoisotopic (exact) mass is 115 g/mol. The van der Waals surface area contributed by atoms with Gasteiger partial charge in [-0.25, -0.2) is 0 Å². The summed E-state index contributed by atoms with van der Waals surface area (Å²) in [5, 5.41) is 0.667. The van der Waals surface area contributed by atoms with Crippen molar-refractivity contribution in [1.29, 1.82) is 0 Å². The Kier molecular flexibility index (Phi) is 1.39. The molecule has 0 atom stereocenters. The minimum absolute atomic E-state index is 0.667. The van der Waals surface area contributed by atoms with Crippen molar-refractivity contribution in [3.63, 3.8) is 0 Å². The van der Waals surface area contributed by atoms with Gasteiger partial charge in [0.2, 0.25) is 0 Å². The summed E-state index contributed by atoms with van der Waals surface area (Å²) in [7, 11) is 1.67. The second-order valence-corrected chi connectivity index (χ2v) is 4.77. The molecule has 1 rings (SSSR count). The highest BCUT2D eigenvalue weighted by Crippen LogP contribution is 2.42. The summed E-state index contributed by atoms with van der Waals surface area (Å²) < 4.78 is 0. The second-order valence-electron chi connectivity index (χ2n) is 2.80. The predicted molar refractivity (Wildman–Crippen MR) is 35.1 cm³/mol. The van der Waals surface area contributed by atoms with Crippen molar-refractivity contribution in [3.8, 4) is 0 Å². The summed E-state index contributed by atoms with van der Waals surface area (Å²) in [6.45, 7) is 4.70. The van der Waals surface area contributed by atoms with E-state index in [4.69, 9.17) is 0 Å². The van der Waals surface area contributed by atoms with Gasteiger partial charge < -0.3 is 0 Å². The Balaban J connectivity index is 2.40. The molecule has 0 aromatic heterocycles. The molecule has 0 nitrogen and oxygen atoms in total. The molecule has 0 spiro atoms. The first-order valence-corrected chi connectivity index (χ1v) is 3.97. The number of rotatable bonds is 0. The van der Waals surface area contributed by atoms with Crippen LogP contribution in [0.1, 0.15) is 26.7 Å². The van der Waals surface area contributed by atoms with Crippen molar-refractivity contribution in [1.82, 2.24) is 0 Å². The first-order valence-electron chi connectivity index (χ1n) is 2.89. The molecule has 0 bridgehead atoms. The summed E-state index contributed by atoms with van der Waals surface area (Å²) in [6, 6.07) is 0.